The number of hydrogen-bond acceptors (Lipinski definition) is 5. The van der Waals surface area contributed by atoms with E-state index in [9.17, 15) is 0 Å². The van der Waals surface area contributed by atoms with Gasteiger partial charge >= 0.3 is 0 Å². The molecule has 0 saturated carbocycles. The Morgan fingerprint density at radius 1 is 1.12 bits per heavy atom. The van der Waals surface area contributed by atoms with Crippen LogP contribution in [0.2, 0.25) is 5.02 Å². The molecule has 0 unspecified atom stereocenters. The monoisotopic (exact) mass is 360 g/mol. The molecular weight excluding hydrogens is 344 g/mol. The maximum absolute atomic E-state index is 6.12. The van der Waals surface area contributed by atoms with Gasteiger partial charge < -0.3 is 10.6 Å². The van der Waals surface area contributed by atoms with Crippen molar-refractivity contribution >= 4 is 23.4 Å². The third kappa shape index (κ3) is 4.01. The van der Waals surface area contributed by atoms with Gasteiger partial charge in [0.25, 0.3) is 0 Å². The lowest BCUT2D eigenvalue weighted by atomic mass is 10.1. The predicted octanol–water partition coefficient (Wildman–Crippen LogP) is 3.54. The maximum atomic E-state index is 6.12. The van der Waals surface area contributed by atoms with Crippen molar-refractivity contribution in [3.63, 3.8) is 0 Å². The molecule has 1 heterocycles. The lowest BCUT2D eigenvalue weighted by Gasteiger charge is -2.05. The lowest BCUT2D eigenvalue weighted by Crippen LogP contribution is -2.14. The second-order valence-corrected chi connectivity index (χ2v) is 6.59. The highest BCUT2D eigenvalue weighted by atomic mass is 35.5. The number of ether oxygens (including phenoxy) is 1. The molecule has 124 valence electrons. The summed E-state index contributed by atoms with van der Waals surface area (Å²) in [5.41, 5.74) is 2.22. The summed E-state index contributed by atoms with van der Waals surface area (Å²) in [4.78, 5) is 0. The molecule has 0 aliphatic carbocycles. The Morgan fingerprint density at radius 2 is 1.92 bits per heavy atom. The number of halogens is 1. The Hall–Kier alpha value is -2.18. The third-order valence-electron chi connectivity index (χ3n) is 3.51. The summed E-state index contributed by atoms with van der Waals surface area (Å²) in [6.07, 6.45) is 0.616. The van der Waals surface area contributed by atoms with Crippen molar-refractivity contribution in [1.82, 2.24) is 14.9 Å². The van der Waals surface area contributed by atoms with Gasteiger partial charge in [-0.05, 0) is 35.4 Å². The highest BCUT2D eigenvalue weighted by Gasteiger charge is 2.11. The Morgan fingerprint density at radius 3 is 2.62 bits per heavy atom. The van der Waals surface area contributed by atoms with E-state index >= 15 is 0 Å². The van der Waals surface area contributed by atoms with Crippen LogP contribution in [0.15, 0.2) is 53.7 Å². The smallest absolute Gasteiger partial charge is 0.210 e. The first-order valence-corrected chi connectivity index (χ1v) is 8.71. The van der Waals surface area contributed by atoms with Crippen LogP contribution in [0.3, 0.4) is 0 Å². The Balaban J connectivity index is 1.66. The maximum Gasteiger partial charge on any atom is 0.210 e. The molecule has 0 spiro atoms. The van der Waals surface area contributed by atoms with Crippen LogP contribution in [-0.2, 0) is 12.2 Å². The highest BCUT2D eigenvalue weighted by Crippen LogP contribution is 2.23. The predicted molar refractivity (Wildman–Crippen MR) is 97.0 cm³/mol. The molecule has 24 heavy (non-hydrogen) atoms. The molecule has 3 rings (SSSR count). The van der Waals surface area contributed by atoms with Crippen LogP contribution in [0.1, 0.15) is 17.0 Å². The molecule has 0 aliphatic heterocycles. The summed E-state index contributed by atoms with van der Waals surface area (Å²) in [7, 11) is 1.65. The number of rotatable bonds is 6. The number of nitrogen functional groups attached to an aromatic ring is 1. The topological polar surface area (TPSA) is 66.0 Å². The van der Waals surface area contributed by atoms with Gasteiger partial charge in [-0.3, -0.25) is 0 Å². The van der Waals surface area contributed by atoms with Gasteiger partial charge in [-0.1, -0.05) is 47.6 Å². The average Bonchev–Trinajstić information content (AvgIpc) is 2.94. The molecule has 0 radical (unpaired) electrons. The van der Waals surface area contributed by atoms with E-state index in [-0.39, 0.29) is 0 Å². The van der Waals surface area contributed by atoms with Gasteiger partial charge in [0, 0.05) is 17.2 Å². The first-order valence-electron chi connectivity index (χ1n) is 7.35. The number of nitrogens with zero attached hydrogens (tertiary/aromatic N) is 3. The number of nitrogens with two attached hydrogens (primary N) is 1. The Bertz CT molecular complexity index is 820. The summed E-state index contributed by atoms with van der Waals surface area (Å²) in [6, 6.07) is 15.6. The number of aromatic nitrogens is 3. The van der Waals surface area contributed by atoms with Crippen molar-refractivity contribution < 1.29 is 4.74 Å². The molecule has 1 aromatic heterocycles. The highest BCUT2D eigenvalue weighted by molar-refractivity contribution is 7.98. The average molecular weight is 361 g/mol. The summed E-state index contributed by atoms with van der Waals surface area (Å²) in [6.45, 7) is 0. The zero-order valence-electron chi connectivity index (χ0n) is 13.1. The zero-order chi connectivity index (χ0) is 16.9. The molecule has 3 aromatic rings. The van der Waals surface area contributed by atoms with E-state index in [1.807, 2.05) is 48.5 Å². The van der Waals surface area contributed by atoms with E-state index in [2.05, 4.69) is 10.2 Å². The Kier molecular flexibility index (Phi) is 5.27. The number of benzene rings is 2. The van der Waals surface area contributed by atoms with E-state index < -0.39 is 0 Å². The van der Waals surface area contributed by atoms with Gasteiger partial charge in [0.05, 0.1) is 7.11 Å². The zero-order valence-corrected chi connectivity index (χ0v) is 14.7. The van der Waals surface area contributed by atoms with E-state index in [1.54, 1.807) is 11.8 Å². The standard InChI is InChI=1S/C17H17ClN4OS/c1-23-15-7-5-12(6-8-15)10-16-20-21-17(22(16)19)24-11-13-3-2-4-14(18)9-13/h2-9H,10-11,19H2,1H3. The molecule has 2 N–H and O–H groups in total. The molecule has 0 fully saturated rings. The van der Waals surface area contributed by atoms with Crippen molar-refractivity contribution in [2.75, 3.05) is 13.0 Å². The van der Waals surface area contributed by atoms with E-state index in [1.165, 1.54) is 11.8 Å². The summed E-state index contributed by atoms with van der Waals surface area (Å²) < 4.78 is 6.70. The molecule has 0 aliphatic rings. The normalized spacial score (nSPS) is 10.8. The van der Waals surface area contributed by atoms with Crippen LogP contribution in [0.5, 0.6) is 5.75 Å². The van der Waals surface area contributed by atoms with Gasteiger partial charge in [-0.25, -0.2) is 4.68 Å². The van der Waals surface area contributed by atoms with Crippen LogP contribution in [-0.4, -0.2) is 22.0 Å². The van der Waals surface area contributed by atoms with Crippen molar-refractivity contribution in [3.8, 4) is 5.75 Å². The fourth-order valence-corrected chi connectivity index (χ4v) is 3.26. The Labute approximate surface area is 149 Å². The van der Waals surface area contributed by atoms with Gasteiger partial charge in [-0.2, -0.15) is 0 Å². The molecule has 0 saturated heterocycles. The summed E-state index contributed by atoms with van der Waals surface area (Å²) in [5, 5.41) is 9.77. The van der Waals surface area contributed by atoms with Crippen molar-refractivity contribution in [1.29, 1.82) is 0 Å². The molecule has 7 heteroatoms. The number of methoxy groups -OCH3 is 1. The van der Waals surface area contributed by atoms with Gasteiger partial charge in [0.15, 0.2) is 5.82 Å². The lowest BCUT2D eigenvalue weighted by molar-refractivity contribution is 0.414. The van der Waals surface area contributed by atoms with Crippen molar-refractivity contribution in [3.05, 3.63) is 70.5 Å². The fraction of sp³-hybridized carbons (Fsp3) is 0.176. The van der Waals surface area contributed by atoms with E-state index in [4.69, 9.17) is 22.2 Å². The number of thioether (sulfide) groups is 1. The minimum atomic E-state index is 0.616. The van der Waals surface area contributed by atoms with Crippen molar-refractivity contribution in [2.45, 2.75) is 17.3 Å². The van der Waals surface area contributed by atoms with Crippen molar-refractivity contribution in [2.24, 2.45) is 0 Å². The second kappa shape index (κ2) is 7.59. The minimum absolute atomic E-state index is 0.616. The van der Waals surface area contributed by atoms with Gasteiger partial charge in [-0.15, -0.1) is 10.2 Å². The molecule has 0 amide bonds. The van der Waals surface area contributed by atoms with Crippen LogP contribution >= 0.6 is 23.4 Å². The molecular formula is C17H17ClN4OS. The van der Waals surface area contributed by atoms with Crippen LogP contribution in [0.4, 0.5) is 0 Å². The first kappa shape index (κ1) is 16.7. The fourth-order valence-electron chi connectivity index (χ4n) is 2.23. The third-order valence-corrected chi connectivity index (χ3v) is 4.76. The van der Waals surface area contributed by atoms with E-state index in [0.717, 1.165) is 27.7 Å². The molecule has 0 atom stereocenters. The molecule has 5 nitrogen and oxygen atoms in total. The minimum Gasteiger partial charge on any atom is -0.497 e. The first-order chi connectivity index (χ1) is 11.7. The largest absolute Gasteiger partial charge is 0.497 e. The SMILES string of the molecule is COc1ccc(Cc2nnc(SCc3cccc(Cl)c3)n2N)cc1. The van der Waals surface area contributed by atoms with Crippen LogP contribution < -0.4 is 10.6 Å². The second-order valence-electron chi connectivity index (χ2n) is 5.21. The van der Waals surface area contributed by atoms with Crippen LogP contribution in [0, 0.1) is 0 Å². The van der Waals surface area contributed by atoms with E-state index in [0.29, 0.717) is 17.4 Å². The summed E-state index contributed by atoms with van der Waals surface area (Å²) in [5.74, 6) is 8.40. The van der Waals surface area contributed by atoms with Gasteiger partial charge in [0.2, 0.25) is 5.16 Å². The molecule has 0 bridgehead atoms. The molecule has 2 aromatic carbocycles. The van der Waals surface area contributed by atoms with Crippen LogP contribution in [0.25, 0.3) is 0 Å². The van der Waals surface area contributed by atoms with Gasteiger partial charge in [0.1, 0.15) is 5.75 Å². The quantitative estimate of drug-likeness (QED) is 0.538. The summed E-state index contributed by atoms with van der Waals surface area (Å²) >= 11 is 7.53. The number of hydrogen-bond donors (Lipinski definition) is 1.